The minimum absolute atomic E-state index is 0.0673. The van der Waals surface area contributed by atoms with Crippen LogP contribution in [0.3, 0.4) is 0 Å². The maximum absolute atomic E-state index is 12.7. The van der Waals surface area contributed by atoms with Crippen LogP contribution in [0.2, 0.25) is 0 Å². The standard InChI is InChI=1S/C11H18F2O4/c1-4-15-7-8(11(14)17-6-3)9(10(12)13)16-5-2/h7,9-10H,4-6H2,1-3H3/b8-7-. The maximum atomic E-state index is 12.7. The predicted molar refractivity (Wildman–Crippen MR) is 57.8 cm³/mol. The highest BCUT2D eigenvalue weighted by atomic mass is 19.3. The minimum Gasteiger partial charge on any atom is -0.501 e. The van der Waals surface area contributed by atoms with Gasteiger partial charge >= 0.3 is 5.97 Å². The van der Waals surface area contributed by atoms with Gasteiger partial charge in [0.15, 0.2) is 6.10 Å². The summed E-state index contributed by atoms with van der Waals surface area (Å²) in [6, 6.07) is 0. The molecule has 0 rings (SSSR count). The Balaban J connectivity index is 4.91. The van der Waals surface area contributed by atoms with Gasteiger partial charge < -0.3 is 14.2 Å². The van der Waals surface area contributed by atoms with Crippen LogP contribution in [0.1, 0.15) is 20.8 Å². The number of halogens is 2. The van der Waals surface area contributed by atoms with Crippen molar-refractivity contribution in [1.82, 2.24) is 0 Å². The fourth-order valence-corrected chi connectivity index (χ4v) is 1.10. The second kappa shape index (κ2) is 8.92. The van der Waals surface area contributed by atoms with E-state index in [0.717, 1.165) is 6.26 Å². The Morgan fingerprint density at radius 2 is 1.82 bits per heavy atom. The molecule has 0 aliphatic heterocycles. The number of carbonyl (C=O) groups is 1. The number of hydrogen-bond acceptors (Lipinski definition) is 4. The molecule has 1 unspecified atom stereocenters. The van der Waals surface area contributed by atoms with E-state index in [1.54, 1.807) is 20.8 Å². The Kier molecular flexibility index (Phi) is 8.31. The van der Waals surface area contributed by atoms with Crippen molar-refractivity contribution < 1.29 is 27.8 Å². The Labute approximate surface area is 99.5 Å². The first-order chi connectivity index (χ1) is 8.08. The van der Waals surface area contributed by atoms with E-state index in [-0.39, 0.29) is 25.4 Å². The molecule has 0 spiro atoms. The molecule has 100 valence electrons. The minimum atomic E-state index is -2.81. The SMILES string of the molecule is CCO/C=C(\C(=O)OCC)C(OCC)C(F)F. The van der Waals surface area contributed by atoms with Crippen molar-refractivity contribution in [3.63, 3.8) is 0 Å². The summed E-state index contributed by atoms with van der Waals surface area (Å²) in [4.78, 5) is 11.5. The Bertz CT molecular complexity index is 254. The van der Waals surface area contributed by atoms with Crippen LogP contribution in [0.15, 0.2) is 11.8 Å². The first kappa shape index (κ1) is 15.8. The summed E-state index contributed by atoms with van der Waals surface area (Å²) in [6.45, 7) is 5.28. The lowest BCUT2D eigenvalue weighted by atomic mass is 10.1. The molecule has 4 nitrogen and oxygen atoms in total. The van der Waals surface area contributed by atoms with Crippen LogP contribution < -0.4 is 0 Å². The average molecular weight is 252 g/mol. The summed E-state index contributed by atoms with van der Waals surface area (Å²) in [6.07, 6.45) is -3.46. The van der Waals surface area contributed by atoms with E-state index in [4.69, 9.17) is 9.47 Å². The fourth-order valence-electron chi connectivity index (χ4n) is 1.10. The fraction of sp³-hybridized carbons (Fsp3) is 0.727. The van der Waals surface area contributed by atoms with Gasteiger partial charge in [-0.15, -0.1) is 0 Å². The Hall–Kier alpha value is -1.17. The van der Waals surface area contributed by atoms with Crippen LogP contribution in [0.4, 0.5) is 8.78 Å². The van der Waals surface area contributed by atoms with Crippen LogP contribution in [-0.4, -0.2) is 38.3 Å². The molecule has 0 aromatic rings. The molecule has 0 aliphatic carbocycles. The zero-order chi connectivity index (χ0) is 13.3. The smallest absolute Gasteiger partial charge is 0.340 e. The van der Waals surface area contributed by atoms with E-state index < -0.39 is 18.5 Å². The van der Waals surface area contributed by atoms with Crippen molar-refractivity contribution in [2.45, 2.75) is 33.3 Å². The van der Waals surface area contributed by atoms with Crippen LogP contribution in [0, 0.1) is 0 Å². The quantitative estimate of drug-likeness (QED) is 0.377. The number of ether oxygens (including phenoxy) is 3. The van der Waals surface area contributed by atoms with Gasteiger partial charge in [0, 0.05) is 6.61 Å². The van der Waals surface area contributed by atoms with Gasteiger partial charge in [-0.1, -0.05) is 0 Å². The lowest BCUT2D eigenvalue weighted by Crippen LogP contribution is -2.30. The third kappa shape index (κ3) is 5.63. The first-order valence-electron chi connectivity index (χ1n) is 5.46. The summed E-state index contributed by atoms with van der Waals surface area (Å²) in [7, 11) is 0. The van der Waals surface area contributed by atoms with Crippen molar-refractivity contribution in [3.8, 4) is 0 Å². The van der Waals surface area contributed by atoms with Crippen molar-refractivity contribution in [2.75, 3.05) is 19.8 Å². The van der Waals surface area contributed by atoms with E-state index in [0.29, 0.717) is 0 Å². The molecule has 0 aromatic heterocycles. The van der Waals surface area contributed by atoms with E-state index >= 15 is 0 Å². The molecule has 0 saturated heterocycles. The molecule has 17 heavy (non-hydrogen) atoms. The third-order valence-corrected chi connectivity index (χ3v) is 1.77. The average Bonchev–Trinajstić information content (AvgIpc) is 2.28. The molecule has 6 heteroatoms. The zero-order valence-electron chi connectivity index (χ0n) is 10.2. The molecule has 0 saturated carbocycles. The van der Waals surface area contributed by atoms with Crippen molar-refractivity contribution in [2.24, 2.45) is 0 Å². The highest BCUT2D eigenvalue weighted by Gasteiger charge is 2.31. The van der Waals surface area contributed by atoms with Crippen LogP contribution in [-0.2, 0) is 19.0 Å². The predicted octanol–water partition coefficient (Wildman–Crippen LogP) is 2.14. The summed E-state index contributed by atoms with van der Waals surface area (Å²) in [5.41, 5.74) is -0.300. The molecule has 1 atom stereocenters. The molecular formula is C11H18F2O4. The lowest BCUT2D eigenvalue weighted by Gasteiger charge is -2.18. The second-order valence-corrected chi connectivity index (χ2v) is 2.96. The normalized spacial score (nSPS) is 13.6. The Morgan fingerprint density at radius 1 is 1.18 bits per heavy atom. The molecule has 0 aliphatic rings. The van der Waals surface area contributed by atoms with Crippen molar-refractivity contribution in [3.05, 3.63) is 11.8 Å². The van der Waals surface area contributed by atoms with Crippen LogP contribution >= 0.6 is 0 Å². The highest BCUT2D eigenvalue weighted by molar-refractivity contribution is 5.89. The largest absolute Gasteiger partial charge is 0.501 e. The van der Waals surface area contributed by atoms with E-state index in [9.17, 15) is 13.6 Å². The second-order valence-electron chi connectivity index (χ2n) is 2.96. The number of esters is 1. The van der Waals surface area contributed by atoms with Gasteiger partial charge in [-0.25, -0.2) is 13.6 Å². The van der Waals surface area contributed by atoms with Gasteiger partial charge in [-0.2, -0.15) is 0 Å². The monoisotopic (exact) mass is 252 g/mol. The number of rotatable bonds is 8. The number of carbonyl (C=O) groups excluding carboxylic acids is 1. The van der Waals surface area contributed by atoms with Crippen LogP contribution in [0.25, 0.3) is 0 Å². The van der Waals surface area contributed by atoms with Gasteiger partial charge in [-0.05, 0) is 20.8 Å². The van der Waals surface area contributed by atoms with Crippen molar-refractivity contribution >= 4 is 5.97 Å². The molecule has 0 amide bonds. The molecule has 0 fully saturated rings. The number of hydrogen-bond donors (Lipinski definition) is 0. The van der Waals surface area contributed by atoms with E-state index in [1.807, 2.05) is 0 Å². The summed E-state index contributed by atoms with van der Waals surface area (Å²) in [5.74, 6) is -0.847. The van der Waals surface area contributed by atoms with Gasteiger partial charge in [0.25, 0.3) is 6.43 Å². The molecule has 0 N–H and O–H groups in total. The highest BCUT2D eigenvalue weighted by Crippen LogP contribution is 2.17. The van der Waals surface area contributed by atoms with Crippen LogP contribution in [0.5, 0.6) is 0 Å². The summed E-state index contributed by atoms with van der Waals surface area (Å²) < 4.78 is 39.8. The van der Waals surface area contributed by atoms with E-state index in [1.165, 1.54) is 0 Å². The molecule has 0 radical (unpaired) electrons. The topological polar surface area (TPSA) is 44.8 Å². The van der Waals surface area contributed by atoms with E-state index in [2.05, 4.69) is 4.74 Å². The zero-order valence-corrected chi connectivity index (χ0v) is 10.2. The summed E-state index contributed by atoms with van der Waals surface area (Å²) >= 11 is 0. The molecule has 0 bridgehead atoms. The first-order valence-corrected chi connectivity index (χ1v) is 5.46. The number of alkyl halides is 2. The molecular weight excluding hydrogens is 234 g/mol. The molecule has 0 heterocycles. The summed E-state index contributed by atoms with van der Waals surface area (Å²) in [5, 5.41) is 0. The van der Waals surface area contributed by atoms with Gasteiger partial charge in [0.2, 0.25) is 0 Å². The lowest BCUT2D eigenvalue weighted by molar-refractivity contribution is -0.142. The van der Waals surface area contributed by atoms with Gasteiger partial charge in [0.1, 0.15) is 5.57 Å². The third-order valence-electron chi connectivity index (χ3n) is 1.77. The van der Waals surface area contributed by atoms with Gasteiger partial charge in [0.05, 0.1) is 19.5 Å². The Morgan fingerprint density at radius 3 is 2.24 bits per heavy atom. The maximum Gasteiger partial charge on any atom is 0.340 e. The van der Waals surface area contributed by atoms with Gasteiger partial charge in [-0.3, -0.25) is 0 Å². The molecule has 0 aromatic carbocycles. The van der Waals surface area contributed by atoms with Crippen molar-refractivity contribution in [1.29, 1.82) is 0 Å².